The molecule has 0 radical (unpaired) electrons. The highest BCUT2D eigenvalue weighted by atomic mass is 19.1. The Labute approximate surface area is 113 Å². The molecule has 108 valence electrons. The van der Waals surface area contributed by atoms with Gasteiger partial charge in [-0.1, -0.05) is 20.8 Å². The van der Waals surface area contributed by atoms with Gasteiger partial charge in [-0.25, -0.2) is 8.78 Å². The molecule has 1 aromatic carbocycles. The van der Waals surface area contributed by atoms with Gasteiger partial charge in [-0.2, -0.15) is 0 Å². The lowest BCUT2D eigenvalue weighted by Crippen LogP contribution is -2.20. The molecule has 1 rings (SSSR count). The summed E-state index contributed by atoms with van der Waals surface area (Å²) in [5, 5.41) is 2.44. The van der Waals surface area contributed by atoms with E-state index in [1.807, 2.05) is 13.8 Å². The zero-order valence-corrected chi connectivity index (χ0v) is 11.8. The van der Waals surface area contributed by atoms with Crippen LogP contribution in [-0.2, 0) is 11.2 Å². The van der Waals surface area contributed by atoms with Crippen LogP contribution >= 0.6 is 0 Å². The molecule has 0 aliphatic carbocycles. The number of carbonyl (C=O) groups excluding carboxylic acids is 1. The zero-order chi connectivity index (χ0) is 14.8. The Balaban J connectivity index is 0.00000154. The van der Waals surface area contributed by atoms with Gasteiger partial charge in [0, 0.05) is 24.7 Å². The van der Waals surface area contributed by atoms with Gasteiger partial charge in [0.1, 0.15) is 17.4 Å². The molecule has 0 aromatic heterocycles. The molecule has 0 saturated carbocycles. The standard InChI is InChI=1S/C12H15F2NO2.C2H6/c1-3-9-10(14)6-8(13)7-11(9)17-5-4-12(16)15-2;1-2/h6-7H,3-5H2,1-2H3,(H,15,16);1-2H3. The third-order valence-corrected chi connectivity index (χ3v) is 2.34. The molecule has 0 heterocycles. The molecule has 0 spiro atoms. The van der Waals surface area contributed by atoms with E-state index in [0.717, 1.165) is 12.1 Å². The lowest BCUT2D eigenvalue weighted by Gasteiger charge is -2.11. The Kier molecular flexibility index (Phi) is 8.49. The Morgan fingerprint density at radius 2 is 1.95 bits per heavy atom. The van der Waals surface area contributed by atoms with Gasteiger partial charge in [-0.3, -0.25) is 4.79 Å². The van der Waals surface area contributed by atoms with Crippen LogP contribution in [0.1, 0.15) is 32.8 Å². The Morgan fingerprint density at radius 3 is 2.47 bits per heavy atom. The molecule has 1 aromatic rings. The average molecular weight is 273 g/mol. The summed E-state index contributed by atoms with van der Waals surface area (Å²) in [7, 11) is 1.52. The first-order chi connectivity index (χ1) is 9.08. The fraction of sp³-hybridized carbons (Fsp3) is 0.500. The van der Waals surface area contributed by atoms with E-state index in [2.05, 4.69) is 5.32 Å². The predicted octanol–water partition coefficient (Wildman–Crippen LogP) is 3.07. The van der Waals surface area contributed by atoms with Crippen LogP contribution in [0.4, 0.5) is 8.78 Å². The van der Waals surface area contributed by atoms with Crippen molar-refractivity contribution in [2.24, 2.45) is 0 Å². The van der Waals surface area contributed by atoms with Crippen molar-refractivity contribution >= 4 is 5.91 Å². The van der Waals surface area contributed by atoms with Crippen molar-refractivity contribution in [2.75, 3.05) is 13.7 Å². The monoisotopic (exact) mass is 273 g/mol. The zero-order valence-electron chi connectivity index (χ0n) is 11.8. The van der Waals surface area contributed by atoms with Crippen molar-refractivity contribution in [1.29, 1.82) is 0 Å². The second-order valence-corrected chi connectivity index (χ2v) is 3.49. The number of carbonyl (C=O) groups is 1. The van der Waals surface area contributed by atoms with E-state index in [1.165, 1.54) is 7.05 Å². The van der Waals surface area contributed by atoms with E-state index in [9.17, 15) is 13.6 Å². The lowest BCUT2D eigenvalue weighted by atomic mass is 10.1. The summed E-state index contributed by atoms with van der Waals surface area (Å²) in [6, 6.07) is 1.95. The number of hydrogen-bond donors (Lipinski definition) is 1. The van der Waals surface area contributed by atoms with Crippen LogP contribution in [0.25, 0.3) is 0 Å². The van der Waals surface area contributed by atoms with Crippen LogP contribution in [0, 0.1) is 11.6 Å². The van der Waals surface area contributed by atoms with Crippen LogP contribution in [0.3, 0.4) is 0 Å². The second-order valence-electron chi connectivity index (χ2n) is 3.49. The van der Waals surface area contributed by atoms with Gasteiger partial charge in [0.2, 0.25) is 5.91 Å². The number of rotatable bonds is 5. The van der Waals surface area contributed by atoms with Crippen LogP contribution < -0.4 is 10.1 Å². The molecule has 0 bridgehead atoms. The highest BCUT2D eigenvalue weighted by Crippen LogP contribution is 2.24. The van der Waals surface area contributed by atoms with E-state index in [-0.39, 0.29) is 24.7 Å². The van der Waals surface area contributed by atoms with Crippen LogP contribution in [0.2, 0.25) is 0 Å². The van der Waals surface area contributed by atoms with Crippen molar-refractivity contribution in [3.05, 3.63) is 29.3 Å². The highest BCUT2D eigenvalue weighted by Gasteiger charge is 2.11. The first kappa shape index (κ1) is 17.4. The molecular weight excluding hydrogens is 252 g/mol. The first-order valence-corrected chi connectivity index (χ1v) is 6.39. The van der Waals surface area contributed by atoms with Crippen molar-refractivity contribution in [1.82, 2.24) is 5.32 Å². The number of benzene rings is 1. The Hall–Kier alpha value is -1.65. The molecule has 1 amide bonds. The summed E-state index contributed by atoms with van der Waals surface area (Å²) >= 11 is 0. The summed E-state index contributed by atoms with van der Waals surface area (Å²) in [5.41, 5.74) is 0.323. The number of halogens is 2. The molecule has 0 aliphatic heterocycles. The summed E-state index contributed by atoms with van der Waals surface area (Å²) < 4.78 is 31.6. The molecule has 0 aliphatic rings. The predicted molar refractivity (Wildman–Crippen MR) is 71.3 cm³/mol. The summed E-state index contributed by atoms with van der Waals surface area (Å²) in [5.74, 6) is -1.33. The second kappa shape index (κ2) is 9.30. The molecule has 0 fully saturated rings. The van der Waals surface area contributed by atoms with E-state index in [4.69, 9.17) is 4.74 Å². The smallest absolute Gasteiger partial charge is 0.223 e. The first-order valence-electron chi connectivity index (χ1n) is 6.39. The minimum Gasteiger partial charge on any atom is -0.493 e. The number of nitrogens with one attached hydrogen (secondary N) is 1. The van der Waals surface area contributed by atoms with Crippen molar-refractivity contribution in [3.8, 4) is 5.75 Å². The van der Waals surface area contributed by atoms with Crippen molar-refractivity contribution in [3.63, 3.8) is 0 Å². The molecule has 5 heteroatoms. The SMILES string of the molecule is CC.CCc1c(F)cc(F)cc1OCCC(=O)NC. The molecule has 0 saturated heterocycles. The minimum atomic E-state index is -0.686. The number of ether oxygens (including phenoxy) is 1. The van der Waals surface area contributed by atoms with Gasteiger partial charge in [0.05, 0.1) is 13.0 Å². The normalized spacial score (nSPS) is 9.37. The average Bonchev–Trinajstić information content (AvgIpc) is 2.40. The fourth-order valence-corrected chi connectivity index (χ4v) is 1.43. The van der Waals surface area contributed by atoms with Gasteiger partial charge in [0.25, 0.3) is 0 Å². The topological polar surface area (TPSA) is 38.3 Å². The van der Waals surface area contributed by atoms with E-state index in [0.29, 0.717) is 12.0 Å². The number of amides is 1. The maximum atomic E-state index is 13.4. The summed E-state index contributed by atoms with van der Waals surface area (Å²) in [6.07, 6.45) is 0.555. The van der Waals surface area contributed by atoms with Crippen molar-refractivity contribution < 1.29 is 18.3 Å². The minimum absolute atomic E-state index is 0.0928. The van der Waals surface area contributed by atoms with E-state index in [1.54, 1.807) is 6.92 Å². The van der Waals surface area contributed by atoms with Gasteiger partial charge < -0.3 is 10.1 Å². The summed E-state index contributed by atoms with van der Waals surface area (Å²) in [6.45, 7) is 5.84. The van der Waals surface area contributed by atoms with Gasteiger partial charge >= 0.3 is 0 Å². The quantitative estimate of drug-likeness (QED) is 0.895. The molecule has 3 nitrogen and oxygen atoms in total. The largest absolute Gasteiger partial charge is 0.493 e. The summed E-state index contributed by atoms with van der Waals surface area (Å²) in [4.78, 5) is 11.0. The molecule has 0 atom stereocenters. The highest BCUT2D eigenvalue weighted by molar-refractivity contribution is 5.75. The maximum Gasteiger partial charge on any atom is 0.223 e. The van der Waals surface area contributed by atoms with Gasteiger partial charge in [-0.15, -0.1) is 0 Å². The van der Waals surface area contributed by atoms with Crippen LogP contribution in [0.15, 0.2) is 12.1 Å². The van der Waals surface area contributed by atoms with E-state index < -0.39 is 11.6 Å². The van der Waals surface area contributed by atoms with Crippen LogP contribution in [-0.4, -0.2) is 19.6 Å². The third-order valence-electron chi connectivity index (χ3n) is 2.34. The van der Waals surface area contributed by atoms with Gasteiger partial charge in [0.15, 0.2) is 0 Å². The molecular formula is C14H21F2NO2. The number of hydrogen-bond acceptors (Lipinski definition) is 2. The Morgan fingerprint density at radius 1 is 1.32 bits per heavy atom. The third kappa shape index (κ3) is 5.68. The van der Waals surface area contributed by atoms with Crippen molar-refractivity contribution in [2.45, 2.75) is 33.6 Å². The maximum absolute atomic E-state index is 13.4. The van der Waals surface area contributed by atoms with Gasteiger partial charge in [-0.05, 0) is 6.42 Å². The lowest BCUT2D eigenvalue weighted by molar-refractivity contribution is -0.121. The molecule has 19 heavy (non-hydrogen) atoms. The fourth-order valence-electron chi connectivity index (χ4n) is 1.43. The molecule has 1 N–H and O–H groups in total. The van der Waals surface area contributed by atoms with E-state index >= 15 is 0 Å². The molecule has 0 unspecified atom stereocenters. The van der Waals surface area contributed by atoms with Crippen LogP contribution in [0.5, 0.6) is 5.75 Å². The Bertz CT molecular complexity index is 409.